The van der Waals surface area contributed by atoms with Gasteiger partial charge in [-0.05, 0) is 52.0 Å². The van der Waals surface area contributed by atoms with Crippen LogP contribution in [0.1, 0.15) is 34.1 Å². The molecule has 0 aliphatic rings. The Morgan fingerprint density at radius 2 is 1.78 bits per heavy atom. The van der Waals surface area contributed by atoms with E-state index in [1.807, 2.05) is 0 Å². The van der Waals surface area contributed by atoms with Gasteiger partial charge in [-0.3, -0.25) is 4.79 Å². The molecule has 0 saturated heterocycles. The van der Waals surface area contributed by atoms with Crippen LogP contribution in [0.3, 0.4) is 0 Å². The van der Waals surface area contributed by atoms with Crippen molar-refractivity contribution in [2.75, 3.05) is 11.9 Å². The molecule has 0 aromatic heterocycles. The fourth-order valence-corrected chi connectivity index (χ4v) is 2.10. The van der Waals surface area contributed by atoms with Crippen LogP contribution in [-0.2, 0) is 19.1 Å². The highest BCUT2D eigenvalue weighted by Crippen LogP contribution is 2.16. The Hall–Kier alpha value is -2.54. The van der Waals surface area contributed by atoms with Crippen molar-refractivity contribution in [2.45, 2.75) is 45.8 Å². The van der Waals surface area contributed by atoms with Crippen LogP contribution in [0, 0.1) is 0 Å². The third kappa shape index (κ3) is 8.59. The molecule has 0 heterocycles. The molecule has 8 heteroatoms. The summed E-state index contributed by atoms with van der Waals surface area (Å²) in [5.74, 6) is -1.17. The molecule has 1 atom stereocenters. The third-order valence-electron chi connectivity index (χ3n) is 3.14. The minimum Gasteiger partial charge on any atom is -0.464 e. The van der Waals surface area contributed by atoms with E-state index in [-0.39, 0.29) is 18.6 Å². The third-order valence-corrected chi connectivity index (χ3v) is 3.39. The van der Waals surface area contributed by atoms with Gasteiger partial charge in [-0.1, -0.05) is 18.2 Å². The maximum atomic E-state index is 12.3. The quantitative estimate of drug-likeness (QED) is 0.541. The average Bonchev–Trinajstić information content (AvgIpc) is 2.54. The van der Waals surface area contributed by atoms with E-state index in [0.29, 0.717) is 10.7 Å². The molecule has 0 spiro atoms. The SMILES string of the molecule is C=C(C[C@H](NC(=O)OC(C)(C)C)C(=O)OCC)C(=O)Nc1ccc(Cl)cc1. The number of nitrogens with one attached hydrogen (secondary N) is 2. The summed E-state index contributed by atoms with van der Waals surface area (Å²) < 4.78 is 10.1. The Balaban J connectivity index is 2.76. The van der Waals surface area contributed by atoms with Gasteiger partial charge in [-0.2, -0.15) is 0 Å². The zero-order valence-electron chi connectivity index (χ0n) is 15.9. The summed E-state index contributed by atoms with van der Waals surface area (Å²) in [4.78, 5) is 36.4. The second-order valence-corrected chi connectivity index (χ2v) is 7.16. The lowest BCUT2D eigenvalue weighted by Gasteiger charge is -2.23. The molecule has 148 valence electrons. The van der Waals surface area contributed by atoms with Crippen molar-refractivity contribution in [3.8, 4) is 0 Å². The van der Waals surface area contributed by atoms with Crippen LogP contribution < -0.4 is 10.6 Å². The highest BCUT2D eigenvalue weighted by Gasteiger charge is 2.27. The summed E-state index contributed by atoms with van der Waals surface area (Å²) in [6, 6.07) is 5.43. The molecule has 0 saturated carbocycles. The molecule has 1 aromatic carbocycles. The summed E-state index contributed by atoms with van der Waals surface area (Å²) in [7, 11) is 0. The van der Waals surface area contributed by atoms with Crippen molar-refractivity contribution < 1.29 is 23.9 Å². The van der Waals surface area contributed by atoms with Crippen LogP contribution in [0.15, 0.2) is 36.4 Å². The van der Waals surface area contributed by atoms with E-state index in [4.69, 9.17) is 21.1 Å². The lowest BCUT2D eigenvalue weighted by Crippen LogP contribution is -2.45. The molecule has 1 aromatic rings. The van der Waals surface area contributed by atoms with Crippen LogP contribution in [0.2, 0.25) is 5.02 Å². The van der Waals surface area contributed by atoms with Crippen LogP contribution in [-0.4, -0.2) is 36.2 Å². The summed E-state index contributed by atoms with van der Waals surface area (Å²) in [6.45, 7) is 10.6. The maximum absolute atomic E-state index is 12.3. The van der Waals surface area contributed by atoms with E-state index < -0.39 is 29.6 Å². The Labute approximate surface area is 164 Å². The molecule has 1 rings (SSSR count). The number of ether oxygens (including phenoxy) is 2. The van der Waals surface area contributed by atoms with Crippen molar-refractivity contribution >= 4 is 35.3 Å². The number of hydrogen-bond acceptors (Lipinski definition) is 5. The Morgan fingerprint density at radius 3 is 2.30 bits per heavy atom. The Bertz CT molecular complexity index is 695. The summed E-state index contributed by atoms with van der Waals surface area (Å²) in [6.07, 6.45) is -0.913. The average molecular weight is 397 g/mol. The lowest BCUT2D eigenvalue weighted by molar-refractivity contribution is -0.145. The molecule has 0 unspecified atom stereocenters. The first-order valence-corrected chi connectivity index (χ1v) is 8.80. The van der Waals surface area contributed by atoms with Gasteiger partial charge in [0.25, 0.3) is 5.91 Å². The predicted octanol–water partition coefficient (Wildman–Crippen LogP) is 3.68. The summed E-state index contributed by atoms with van der Waals surface area (Å²) in [5.41, 5.74) is -0.107. The van der Waals surface area contributed by atoms with E-state index in [0.717, 1.165) is 0 Å². The zero-order chi connectivity index (χ0) is 20.6. The van der Waals surface area contributed by atoms with Gasteiger partial charge in [-0.25, -0.2) is 9.59 Å². The lowest BCUT2D eigenvalue weighted by atomic mass is 10.1. The monoisotopic (exact) mass is 396 g/mol. The van der Waals surface area contributed by atoms with Gasteiger partial charge >= 0.3 is 12.1 Å². The van der Waals surface area contributed by atoms with Gasteiger partial charge in [0.05, 0.1) is 6.61 Å². The van der Waals surface area contributed by atoms with E-state index in [1.54, 1.807) is 52.0 Å². The number of alkyl carbamates (subject to hydrolysis) is 1. The van der Waals surface area contributed by atoms with Gasteiger partial charge < -0.3 is 20.1 Å². The summed E-state index contributed by atoms with van der Waals surface area (Å²) >= 11 is 5.80. The zero-order valence-corrected chi connectivity index (χ0v) is 16.7. The van der Waals surface area contributed by atoms with E-state index >= 15 is 0 Å². The molecule has 2 N–H and O–H groups in total. The minimum atomic E-state index is -1.09. The van der Waals surface area contributed by atoms with Crippen molar-refractivity contribution in [1.82, 2.24) is 5.32 Å². The van der Waals surface area contributed by atoms with Crippen LogP contribution >= 0.6 is 11.6 Å². The number of amides is 2. The molecule has 0 bridgehead atoms. The van der Waals surface area contributed by atoms with Crippen molar-refractivity contribution in [3.05, 3.63) is 41.4 Å². The molecular weight excluding hydrogens is 372 g/mol. The molecule has 0 aliphatic heterocycles. The van der Waals surface area contributed by atoms with Crippen molar-refractivity contribution in [1.29, 1.82) is 0 Å². The molecule has 0 radical (unpaired) electrons. The molecule has 0 aliphatic carbocycles. The van der Waals surface area contributed by atoms with Crippen LogP contribution in [0.25, 0.3) is 0 Å². The number of benzene rings is 1. The minimum absolute atomic E-state index is 0.0964. The maximum Gasteiger partial charge on any atom is 0.408 e. The number of esters is 1. The van der Waals surface area contributed by atoms with Gasteiger partial charge in [0, 0.05) is 22.7 Å². The van der Waals surface area contributed by atoms with E-state index in [9.17, 15) is 14.4 Å². The van der Waals surface area contributed by atoms with E-state index in [2.05, 4.69) is 17.2 Å². The molecule has 2 amide bonds. The smallest absolute Gasteiger partial charge is 0.408 e. The van der Waals surface area contributed by atoms with Crippen molar-refractivity contribution in [3.63, 3.8) is 0 Å². The second kappa shape index (κ2) is 9.97. The number of carbonyl (C=O) groups is 3. The van der Waals surface area contributed by atoms with Gasteiger partial charge in [0.15, 0.2) is 0 Å². The number of halogens is 1. The van der Waals surface area contributed by atoms with Crippen LogP contribution in [0.5, 0.6) is 0 Å². The highest BCUT2D eigenvalue weighted by atomic mass is 35.5. The molecule has 27 heavy (non-hydrogen) atoms. The van der Waals surface area contributed by atoms with Gasteiger partial charge in [0.1, 0.15) is 11.6 Å². The molecular formula is C19H25ClN2O5. The number of hydrogen-bond donors (Lipinski definition) is 2. The number of carbonyl (C=O) groups excluding carboxylic acids is 3. The van der Waals surface area contributed by atoms with Crippen molar-refractivity contribution in [2.24, 2.45) is 0 Å². The molecule has 0 fully saturated rings. The first kappa shape index (κ1) is 22.5. The topological polar surface area (TPSA) is 93.7 Å². The largest absolute Gasteiger partial charge is 0.464 e. The first-order chi connectivity index (χ1) is 12.5. The molecule has 7 nitrogen and oxygen atoms in total. The summed E-state index contributed by atoms with van der Waals surface area (Å²) in [5, 5.41) is 5.60. The van der Waals surface area contributed by atoms with Gasteiger partial charge in [0.2, 0.25) is 0 Å². The Morgan fingerprint density at radius 1 is 1.19 bits per heavy atom. The Kier molecular flexibility index (Phi) is 8.31. The fraction of sp³-hybridized carbons (Fsp3) is 0.421. The fourth-order valence-electron chi connectivity index (χ4n) is 1.98. The highest BCUT2D eigenvalue weighted by molar-refractivity contribution is 6.30. The first-order valence-electron chi connectivity index (χ1n) is 8.42. The second-order valence-electron chi connectivity index (χ2n) is 6.72. The van der Waals surface area contributed by atoms with E-state index in [1.165, 1.54) is 0 Å². The number of rotatable bonds is 7. The standard InChI is InChI=1S/C19H25ClN2O5/c1-6-26-17(24)15(22-18(25)27-19(3,4)5)11-12(2)16(23)21-14-9-7-13(20)8-10-14/h7-10,15H,2,6,11H2,1,3-5H3,(H,21,23)(H,22,25)/t15-/m0/s1. The normalized spacial score (nSPS) is 11.9. The van der Waals surface area contributed by atoms with Gasteiger partial charge in [-0.15, -0.1) is 0 Å². The van der Waals surface area contributed by atoms with Crippen LogP contribution in [0.4, 0.5) is 10.5 Å². The number of anilines is 1. The predicted molar refractivity (Wildman–Crippen MR) is 104 cm³/mol.